The summed E-state index contributed by atoms with van der Waals surface area (Å²) in [5, 5.41) is 5.10. The van der Waals surface area contributed by atoms with Crippen molar-refractivity contribution >= 4 is 70.4 Å². The summed E-state index contributed by atoms with van der Waals surface area (Å²) in [4.78, 5) is 2.36. The zero-order chi connectivity index (χ0) is 41.7. The fourth-order valence-electron chi connectivity index (χ4n) is 9.42. The van der Waals surface area contributed by atoms with Crippen LogP contribution in [0.2, 0.25) is 0 Å². The number of aromatic nitrogens is 1. The third kappa shape index (κ3) is 6.50. The summed E-state index contributed by atoms with van der Waals surface area (Å²) in [6.45, 7) is 0. The fourth-order valence-corrected chi connectivity index (χ4v) is 10.6. The normalized spacial score (nSPS) is 11.5. The minimum Gasteiger partial charge on any atom is -0.311 e. The molecule has 296 valence electrons. The number of thiophene rings is 1. The Labute approximate surface area is 370 Å². The van der Waals surface area contributed by atoms with Crippen LogP contribution in [0.3, 0.4) is 0 Å². The molecule has 0 radical (unpaired) electrons. The molecule has 12 rings (SSSR count). The van der Waals surface area contributed by atoms with E-state index in [2.05, 4.69) is 252 Å². The number of fused-ring (bicyclic) bond motifs is 6. The quantitative estimate of drug-likeness (QED) is 0.148. The summed E-state index contributed by atoms with van der Waals surface area (Å²) in [6, 6.07) is 88.3. The molecule has 2 heterocycles. The summed E-state index contributed by atoms with van der Waals surface area (Å²) < 4.78 is 5.00. The van der Waals surface area contributed by atoms with Crippen molar-refractivity contribution < 1.29 is 0 Å². The Bertz CT molecular complexity index is 3490. The molecule has 0 aliphatic carbocycles. The van der Waals surface area contributed by atoms with Gasteiger partial charge in [0.1, 0.15) is 0 Å². The van der Waals surface area contributed by atoms with Crippen molar-refractivity contribution in [3.05, 3.63) is 243 Å². The topological polar surface area (TPSA) is 8.17 Å². The van der Waals surface area contributed by atoms with Crippen LogP contribution in [0.1, 0.15) is 0 Å². The molecule has 2 nitrogen and oxygen atoms in total. The molecule has 0 fully saturated rings. The number of hydrogen-bond donors (Lipinski definition) is 0. The van der Waals surface area contributed by atoms with Crippen LogP contribution in [-0.2, 0) is 0 Å². The molecular formula is C60H40N2S. The van der Waals surface area contributed by atoms with E-state index >= 15 is 0 Å². The van der Waals surface area contributed by atoms with E-state index in [1.807, 2.05) is 11.3 Å². The lowest BCUT2D eigenvalue weighted by molar-refractivity contribution is 1.18. The van der Waals surface area contributed by atoms with Crippen LogP contribution in [0.15, 0.2) is 243 Å². The second-order valence-corrected chi connectivity index (χ2v) is 17.1. The van der Waals surface area contributed by atoms with Gasteiger partial charge in [-0.1, -0.05) is 164 Å². The molecule has 3 heteroatoms. The van der Waals surface area contributed by atoms with Gasteiger partial charge in [-0.15, -0.1) is 11.3 Å². The first kappa shape index (κ1) is 36.8. The van der Waals surface area contributed by atoms with Gasteiger partial charge in [0.05, 0.1) is 11.0 Å². The van der Waals surface area contributed by atoms with E-state index in [-0.39, 0.29) is 0 Å². The Balaban J connectivity index is 1.01. The standard InChI is InChI=1S/C60H40N2S/c1-4-15-41(16-5-1)43-27-33-48(34-28-43)61(49-35-29-44(30-36-49)42-17-6-2-7-18-42)50-37-31-45(32-38-50)54-39-46(40-55-52-21-11-13-26-58(52)63-60(54)55)51-23-14-25-57-59(51)53-22-10-12-24-56(53)62(57)47-19-8-3-9-20-47/h1-40H. The Kier molecular flexibility index (Phi) is 9.06. The van der Waals surface area contributed by atoms with Crippen molar-refractivity contribution in [2.45, 2.75) is 0 Å². The van der Waals surface area contributed by atoms with Gasteiger partial charge < -0.3 is 9.47 Å². The number of benzene rings is 10. The second-order valence-electron chi connectivity index (χ2n) is 16.1. The zero-order valence-electron chi connectivity index (χ0n) is 34.4. The van der Waals surface area contributed by atoms with E-state index in [1.54, 1.807) is 0 Å². The third-order valence-electron chi connectivity index (χ3n) is 12.4. The molecule has 0 atom stereocenters. The smallest absolute Gasteiger partial charge is 0.0547 e. The van der Waals surface area contributed by atoms with Crippen molar-refractivity contribution in [3.63, 3.8) is 0 Å². The Morgan fingerprint density at radius 1 is 0.317 bits per heavy atom. The highest BCUT2D eigenvalue weighted by Gasteiger charge is 2.20. The lowest BCUT2D eigenvalue weighted by Crippen LogP contribution is -2.09. The van der Waals surface area contributed by atoms with Crippen molar-refractivity contribution in [2.75, 3.05) is 4.90 Å². The van der Waals surface area contributed by atoms with E-state index in [9.17, 15) is 0 Å². The van der Waals surface area contributed by atoms with Crippen LogP contribution in [0.25, 0.3) is 92.2 Å². The average Bonchev–Trinajstić information content (AvgIpc) is 3.91. The summed E-state index contributed by atoms with van der Waals surface area (Å²) >= 11 is 1.88. The summed E-state index contributed by atoms with van der Waals surface area (Å²) in [5.41, 5.74) is 16.6. The minimum absolute atomic E-state index is 1.10. The predicted molar refractivity (Wildman–Crippen MR) is 270 cm³/mol. The molecule has 10 aromatic carbocycles. The van der Waals surface area contributed by atoms with Crippen molar-refractivity contribution in [2.24, 2.45) is 0 Å². The van der Waals surface area contributed by atoms with Crippen molar-refractivity contribution in [1.82, 2.24) is 4.57 Å². The van der Waals surface area contributed by atoms with Crippen LogP contribution in [-0.4, -0.2) is 4.57 Å². The summed E-state index contributed by atoms with van der Waals surface area (Å²) in [6.07, 6.45) is 0. The second kappa shape index (κ2) is 15.5. The molecule has 0 unspecified atom stereocenters. The first-order valence-corrected chi connectivity index (χ1v) is 22.3. The van der Waals surface area contributed by atoms with Gasteiger partial charge in [0, 0.05) is 59.3 Å². The molecule has 0 bridgehead atoms. The molecule has 0 N–H and O–H groups in total. The van der Waals surface area contributed by atoms with E-state index in [0.717, 1.165) is 22.7 Å². The number of nitrogens with zero attached hydrogens (tertiary/aromatic N) is 2. The van der Waals surface area contributed by atoms with E-state index in [4.69, 9.17) is 0 Å². The highest BCUT2D eigenvalue weighted by molar-refractivity contribution is 7.26. The van der Waals surface area contributed by atoms with Gasteiger partial charge in [0.2, 0.25) is 0 Å². The maximum atomic E-state index is 2.43. The molecule has 2 aromatic heterocycles. The van der Waals surface area contributed by atoms with Gasteiger partial charge in [0.25, 0.3) is 0 Å². The number of hydrogen-bond acceptors (Lipinski definition) is 2. The van der Waals surface area contributed by atoms with Crippen molar-refractivity contribution in [3.8, 4) is 50.2 Å². The minimum atomic E-state index is 1.10. The Hall–Kier alpha value is -7.98. The Morgan fingerprint density at radius 2 is 0.810 bits per heavy atom. The lowest BCUT2D eigenvalue weighted by Gasteiger charge is -2.26. The molecule has 0 aliphatic heterocycles. The molecule has 0 saturated carbocycles. The largest absolute Gasteiger partial charge is 0.311 e. The van der Waals surface area contributed by atoms with Crippen LogP contribution in [0, 0.1) is 0 Å². The number of anilines is 3. The maximum absolute atomic E-state index is 2.43. The van der Waals surface area contributed by atoms with Gasteiger partial charge >= 0.3 is 0 Å². The first-order valence-electron chi connectivity index (χ1n) is 21.5. The maximum Gasteiger partial charge on any atom is 0.0547 e. The Morgan fingerprint density at radius 3 is 1.43 bits per heavy atom. The van der Waals surface area contributed by atoms with Gasteiger partial charge in [-0.3, -0.25) is 0 Å². The van der Waals surface area contributed by atoms with Gasteiger partial charge in [0.15, 0.2) is 0 Å². The van der Waals surface area contributed by atoms with Crippen LogP contribution >= 0.6 is 11.3 Å². The van der Waals surface area contributed by atoms with Gasteiger partial charge in [-0.05, 0) is 118 Å². The van der Waals surface area contributed by atoms with Gasteiger partial charge in [-0.25, -0.2) is 0 Å². The third-order valence-corrected chi connectivity index (χ3v) is 13.6. The SMILES string of the molecule is c1ccc(-c2ccc(N(c3ccc(-c4ccccc4)cc3)c3ccc(-c4cc(-c5cccc6c5c5ccccc5n6-c5ccccc5)cc5c4sc4ccccc45)cc3)cc2)cc1. The highest BCUT2D eigenvalue weighted by atomic mass is 32.1. The van der Waals surface area contributed by atoms with Crippen molar-refractivity contribution in [1.29, 1.82) is 0 Å². The van der Waals surface area contributed by atoms with E-state index in [1.165, 1.54) is 86.5 Å². The fraction of sp³-hybridized carbons (Fsp3) is 0. The molecule has 12 aromatic rings. The first-order chi connectivity index (χ1) is 31.2. The molecule has 0 saturated heterocycles. The summed E-state index contributed by atoms with van der Waals surface area (Å²) in [5.74, 6) is 0. The van der Waals surface area contributed by atoms with Gasteiger partial charge in [-0.2, -0.15) is 0 Å². The highest BCUT2D eigenvalue weighted by Crippen LogP contribution is 2.46. The monoisotopic (exact) mass is 820 g/mol. The van der Waals surface area contributed by atoms with Crippen LogP contribution in [0.4, 0.5) is 17.1 Å². The number of rotatable bonds is 8. The molecular weight excluding hydrogens is 781 g/mol. The molecule has 63 heavy (non-hydrogen) atoms. The van der Waals surface area contributed by atoms with E-state index < -0.39 is 0 Å². The molecule has 0 spiro atoms. The lowest BCUT2D eigenvalue weighted by atomic mass is 9.93. The number of para-hydroxylation sites is 2. The van der Waals surface area contributed by atoms with E-state index in [0.29, 0.717) is 0 Å². The average molecular weight is 821 g/mol. The molecule has 0 amide bonds. The molecule has 0 aliphatic rings. The summed E-state index contributed by atoms with van der Waals surface area (Å²) in [7, 11) is 0. The zero-order valence-corrected chi connectivity index (χ0v) is 35.2. The van der Waals surface area contributed by atoms with Crippen LogP contribution in [0.5, 0.6) is 0 Å². The predicted octanol–water partition coefficient (Wildman–Crippen LogP) is 17.3. The van der Waals surface area contributed by atoms with Crippen LogP contribution < -0.4 is 4.90 Å².